The zero-order chi connectivity index (χ0) is 39.6. The summed E-state index contributed by atoms with van der Waals surface area (Å²) >= 11 is 0. The number of rotatable bonds is 17. The van der Waals surface area contributed by atoms with Gasteiger partial charge >= 0.3 is 5.97 Å². The summed E-state index contributed by atoms with van der Waals surface area (Å²) < 4.78 is 70.4. The second-order valence-electron chi connectivity index (χ2n) is 14.5. The van der Waals surface area contributed by atoms with E-state index in [2.05, 4.69) is 0 Å². The molecule has 0 spiro atoms. The smallest absolute Gasteiger partial charge is 0.366 e. The van der Waals surface area contributed by atoms with Crippen LogP contribution >= 0.6 is 0 Å². The average Bonchev–Trinajstić information content (AvgIpc) is 3.62. The monoisotopic (exact) mass is 784 g/mol. The van der Waals surface area contributed by atoms with Crippen LogP contribution in [-0.2, 0) is 83.3 Å². The number of benzene rings is 4. The van der Waals surface area contributed by atoms with Crippen molar-refractivity contribution in [1.29, 1.82) is 0 Å². The normalized spacial score (nSPS) is 31.1. The lowest BCUT2D eigenvalue weighted by Gasteiger charge is -2.48. The van der Waals surface area contributed by atoms with Crippen molar-refractivity contribution in [2.45, 2.75) is 107 Å². The molecule has 0 aromatic heterocycles. The summed E-state index contributed by atoms with van der Waals surface area (Å²) in [5, 5.41) is 0. The lowest BCUT2D eigenvalue weighted by molar-refractivity contribution is -0.360. The molecule has 0 N–H and O–H groups in total. The van der Waals surface area contributed by atoms with Gasteiger partial charge in [-0.3, -0.25) is 0 Å². The highest BCUT2D eigenvalue weighted by molar-refractivity contribution is 5.77. The maximum atomic E-state index is 13.2. The highest BCUT2D eigenvalue weighted by Crippen LogP contribution is 2.42. The molecular formula is C45H52O12. The Hall–Kier alpha value is -4.05. The van der Waals surface area contributed by atoms with Crippen molar-refractivity contribution in [2.24, 2.45) is 0 Å². The molecule has 57 heavy (non-hydrogen) atoms. The lowest BCUT2D eigenvalue weighted by atomic mass is 9.96. The van der Waals surface area contributed by atoms with Crippen LogP contribution in [0.15, 0.2) is 121 Å². The molecule has 3 heterocycles. The molecule has 12 nitrogen and oxygen atoms in total. The quantitative estimate of drug-likeness (QED) is 0.115. The molecule has 7 rings (SSSR count). The third kappa shape index (κ3) is 10.2. The molecule has 4 aromatic rings. The van der Waals surface area contributed by atoms with E-state index < -0.39 is 73.2 Å². The number of esters is 1. The van der Waals surface area contributed by atoms with Crippen molar-refractivity contribution >= 4 is 5.97 Å². The Morgan fingerprint density at radius 1 is 0.579 bits per heavy atom. The minimum Gasteiger partial charge on any atom is -0.465 e. The predicted octanol–water partition coefficient (Wildman–Crippen LogP) is 6.13. The van der Waals surface area contributed by atoms with E-state index in [0.717, 1.165) is 22.3 Å². The summed E-state index contributed by atoms with van der Waals surface area (Å²) in [6.07, 6.45) is -7.97. The Kier molecular flexibility index (Phi) is 14.1. The van der Waals surface area contributed by atoms with Crippen LogP contribution in [0.2, 0.25) is 0 Å². The Bertz CT molecular complexity index is 1800. The van der Waals surface area contributed by atoms with Crippen molar-refractivity contribution in [3.8, 4) is 0 Å². The fraction of sp³-hybridized carbons (Fsp3) is 0.444. The Morgan fingerprint density at radius 3 is 1.56 bits per heavy atom. The summed E-state index contributed by atoms with van der Waals surface area (Å²) in [5.74, 6) is -2.49. The van der Waals surface area contributed by atoms with Gasteiger partial charge in [-0.2, -0.15) is 0 Å². The molecule has 3 saturated heterocycles. The third-order valence-corrected chi connectivity index (χ3v) is 10.4. The van der Waals surface area contributed by atoms with Crippen LogP contribution in [-0.4, -0.2) is 94.0 Å². The van der Waals surface area contributed by atoms with Gasteiger partial charge in [-0.25, -0.2) is 4.79 Å². The zero-order valence-corrected chi connectivity index (χ0v) is 32.8. The minimum absolute atomic E-state index is 0.114. The highest BCUT2D eigenvalue weighted by Gasteiger charge is 2.62. The first-order valence-electron chi connectivity index (χ1n) is 19.4. The highest BCUT2D eigenvalue weighted by atomic mass is 16.8. The molecule has 0 saturated carbocycles. The SMILES string of the molecule is COC(=O)C1(C)O[C@H]2[C@@H](OCc3ccccc3)[C@@H](COCc3ccccc3)O[C@H](O[C@@H]3[C@@H](OCc4ccccc4)[C@H](C)O[C@@H](OC)[C@@H]3OCc3ccccc3)[C@@H]2O1. The van der Waals surface area contributed by atoms with E-state index in [-0.39, 0.29) is 26.4 Å². The molecule has 0 bridgehead atoms. The van der Waals surface area contributed by atoms with Gasteiger partial charge in [0.15, 0.2) is 12.6 Å². The van der Waals surface area contributed by atoms with Crippen LogP contribution in [0.4, 0.5) is 0 Å². The fourth-order valence-electron chi connectivity index (χ4n) is 7.46. The standard InChI is InChI=1S/C45H52O12/c1-30-36(50-26-32-19-11-6-12-20-32)38(40(42(47-3)53-30)52-28-34-23-15-8-16-24-34)55-43-41-39(56-45(2,57-41)44(46)48-4)37(51-27-33-21-13-7-14-22-33)35(54-43)29-49-25-31-17-9-5-10-18-31/h5-24,30,35-43H,25-29H2,1-4H3/t30-,35+,36-,37-,38+,39-,40+,41+,42+,43+,45?/m0/s1. The molecule has 0 radical (unpaired) electrons. The van der Waals surface area contributed by atoms with Crippen LogP contribution < -0.4 is 0 Å². The second-order valence-corrected chi connectivity index (χ2v) is 14.5. The van der Waals surface area contributed by atoms with Gasteiger partial charge in [0.1, 0.15) is 42.7 Å². The number of fused-ring (bicyclic) bond motifs is 1. The van der Waals surface area contributed by atoms with Crippen LogP contribution in [0.1, 0.15) is 36.1 Å². The lowest BCUT2D eigenvalue weighted by Crippen LogP contribution is -2.64. The molecule has 4 aromatic carbocycles. The molecule has 0 amide bonds. The number of ether oxygens (including phenoxy) is 11. The van der Waals surface area contributed by atoms with Crippen LogP contribution in [0.3, 0.4) is 0 Å². The van der Waals surface area contributed by atoms with Crippen molar-refractivity contribution in [3.05, 3.63) is 144 Å². The van der Waals surface area contributed by atoms with Gasteiger partial charge in [-0.1, -0.05) is 121 Å². The maximum absolute atomic E-state index is 13.2. The molecule has 0 aliphatic carbocycles. The predicted molar refractivity (Wildman–Crippen MR) is 206 cm³/mol. The summed E-state index contributed by atoms with van der Waals surface area (Å²) in [6, 6.07) is 39.3. The summed E-state index contributed by atoms with van der Waals surface area (Å²) in [6.45, 7) is 4.66. The summed E-state index contributed by atoms with van der Waals surface area (Å²) in [5.41, 5.74) is 3.88. The van der Waals surface area contributed by atoms with Crippen LogP contribution in [0.5, 0.6) is 0 Å². The van der Waals surface area contributed by atoms with Crippen molar-refractivity contribution in [1.82, 2.24) is 0 Å². The van der Waals surface area contributed by atoms with E-state index in [4.69, 9.17) is 52.1 Å². The first kappa shape index (κ1) is 41.1. The van der Waals surface area contributed by atoms with Gasteiger partial charge < -0.3 is 52.1 Å². The van der Waals surface area contributed by atoms with E-state index in [1.54, 1.807) is 7.11 Å². The Labute approximate surface area is 334 Å². The van der Waals surface area contributed by atoms with E-state index in [9.17, 15) is 4.79 Å². The molecule has 12 heteroatoms. The van der Waals surface area contributed by atoms with E-state index in [0.29, 0.717) is 6.61 Å². The Balaban J connectivity index is 1.22. The maximum Gasteiger partial charge on any atom is 0.366 e. The minimum atomic E-state index is -1.78. The van der Waals surface area contributed by atoms with Crippen molar-refractivity contribution < 1.29 is 56.9 Å². The molecular weight excluding hydrogens is 732 g/mol. The number of hydrogen-bond acceptors (Lipinski definition) is 12. The first-order chi connectivity index (χ1) is 27.8. The molecule has 1 unspecified atom stereocenters. The largest absolute Gasteiger partial charge is 0.465 e. The fourth-order valence-corrected chi connectivity index (χ4v) is 7.46. The third-order valence-electron chi connectivity index (χ3n) is 10.4. The van der Waals surface area contributed by atoms with Gasteiger partial charge in [0.05, 0.1) is 46.2 Å². The van der Waals surface area contributed by atoms with Gasteiger partial charge in [-0.15, -0.1) is 0 Å². The summed E-state index contributed by atoms with van der Waals surface area (Å²) in [4.78, 5) is 13.2. The number of methoxy groups -OCH3 is 2. The number of carbonyl (C=O) groups is 1. The van der Waals surface area contributed by atoms with E-state index in [1.165, 1.54) is 14.0 Å². The molecule has 304 valence electrons. The number of hydrogen-bond donors (Lipinski definition) is 0. The topological polar surface area (TPSA) is 119 Å². The van der Waals surface area contributed by atoms with Crippen molar-refractivity contribution in [2.75, 3.05) is 20.8 Å². The van der Waals surface area contributed by atoms with Gasteiger partial charge in [-0.05, 0) is 29.2 Å². The molecule has 3 aliphatic heterocycles. The molecule has 3 aliphatic rings. The average molecular weight is 785 g/mol. The van der Waals surface area contributed by atoms with Crippen molar-refractivity contribution in [3.63, 3.8) is 0 Å². The molecule has 11 atom stereocenters. The summed E-state index contributed by atoms with van der Waals surface area (Å²) in [7, 11) is 2.85. The van der Waals surface area contributed by atoms with E-state index >= 15 is 0 Å². The van der Waals surface area contributed by atoms with E-state index in [1.807, 2.05) is 128 Å². The zero-order valence-electron chi connectivity index (χ0n) is 32.8. The second kappa shape index (κ2) is 19.6. The Morgan fingerprint density at radius 2 is 1.05 bits per heavy atom. The first-order valence-corrected chi connectivity index (χ1v) is 19.4. The van der Waals surface area contributed by atoms with Crippen LogP contribution in [0.25, 0.3) is 0 Å². The van der Waals surface area contributed by atoms with Crippen LogP contribution in [0, 0.1) is 0 Å². The van der Waals surface area contributed by atoms with Gasteiger partial charge in [0, 0.05) is 14.0 Å². The molecule has 3 fully saturated rings. The van der Waals surface area contributed by atoms with Gasteiger partial charge in [0.25, 0.3) is 5.79 Å². The number of carbonyl (C=O) groups excluding carboxylic acids is 1. The van der Waals surface area contributed by atoms with Gasteiger partial charge in [0.2, 0.25) is 0 Å².